The average molecular weight is 476 g/mol. The monoisotopic (exact) mass is 475 g/mol. The van der Waals surface area contributed by atoms with Crippen molar-refractivity contribution in [1.82, 2.24) is 25.3 Å². The van der Waals surface area contributed by atoms with Gasteiger partial charge in [0.1, 0.15) is 29.7 Å². The molecule has 2 N–H and O–H groups in total. The zero-order chi connectivity index (χ0) is 23.4. The molecule has 0 saturated heterocycles. The number of benzene rings is 1. The van der Waals surface area contributed by atoms with Crippen molar-refractivity contribution in [3.8, 4) is 17.3 Å². The van der Waals surface area contributed by atoms with Gasteiger partial charge < -0.3 is 10.6 Å². The maximum absolute atomic E-state index is 14.6. The van der Waals surface area contributed by atoms with Crippen molar-refractivity contribution in [3.63, 3.8) is 0 Å². The SMILES string of the molecule is CNC(=O)c1ccnc2c([C@H](C)CNc3cc(-c4ccc(C#N)nc4)ncn3)ccc(F)c12.S. The third-order valence-corrected chi connectivity index (χ3v) is 5.31. The Balaban J connectivity index is 0.00000324. The van der Waals surface area contributed by atoms with Crippen LogP contribution in [-0.2, 0) is 0 Å². The summed E-state index contributed by atoms with van der Waals surface area (Å²) in [7, 11) is 1.51. The lowest BCUT2D eigenvalue weighted by molar-refractivity contribution is 0.0964. The summed E-state index contributed by atoms with van der Waals surface area (Å²) in [4.78, 5) is 29.2. The number of carbonyl (C=O) groups excluding carboxylic acids is 1. The molecule has 0 bridgehead atoms. The first-order valence-corrected chi connectivity index (χ1v) is 10.2. The molecule has 0 aliphatic rings. The Morgan fingerprint density at radius 1 is 1.15 bits per heavy atom. The summed E-state index contributed by atoms with van der Waals surface area (Å²) in [5.41, 5.74) is 3.29. The Morgan fingerprint density at radius 3 is 2.68 bits per heavy atom. The topological polar surface area (TPSA) is 116 Å². The van der Waals surface area contributed by atoms with Gasteiger partial charge in [0.05, 0.1) is 16.8 Å². The number of halogens is 1. The molecule has 4 rings (SSSR count). The van der Waals surface area contributed by atoms with E-state index in [1.165, 1.54) is 31.7 Å². The molecular weight excluding hydrogens is 453 g/mol. The van der Waals surface area contributed by atoms with E-state index in [0.29, 0.717) is 29.3 Å². The summed E-state index contributed by atoms with van der Waals surface area (Å²) in [5, 5.41) is 14.9. The first-order valence-electron chi connectivity index (χ1n) is 10.2. The molecule has 3 aromatic heterocycles. The van der Waals surface area contributed by atoms with Crippen LogP contribution in [0, 0.1) is 17.1 Å². The van der Waals surface area contributed by atoms with E-state index in [1.807, 2.05) is 13.0 Å². The number of fused-ring (bicyclic) bond motifs is 1. The van der Waals surface area contributed by atoms with E-state index < -0.39 is 5.82 Å². The second kappa shape index (κ2) is 10.7. The van der Waals surface area contributed by atoms with E-state index in [1.54, 1.807) is 30.5 Å². The Labute approximate surface area is 202 Å². The van der Waals surface area contributed by atoms with E-state index in [-0.39, 0.29) is 36.3 Å². The predicted molar refractivity (Wildman–Crippen MR) is 132 cm³/mol. The minimum absolute atomic E-state index is 0. The number of nitrogens with zero attached hydrogens (tertiary/aromatic N) is 5. The maximum Gasteiger partial charge on any atom is 0.251 e. The van der Waals surface area contributed by atoms with Gasteiger partial charge in [0.2, 0.25) is 0 Å². The summed E-state index contributed by atoms with van der Waals surface area (Å²) in [6, 6.07) is 11.8. The lowest BCUT2D eigenvalue weighted by Gasteiger charge is -2.17. The van der Waals surface area contributed by atoms with Gasteiger partial charge in [-0.3, -0.25) is 9.78 Å². The van der Waals surface area contributed by atoms with Crippen LogP contribution >= 0.6 is 13.5 Å². The number of rotatable bonds is 6. The van der Waals surface area contributed by atoms with Gasteiger partial charge in [-0.15, -0.1) is 0 Å². The highest BCUT2D eigenvalue weighted by atomic mass is 32.1. The van der Waals surface area contributed by atoms with Crippen molar-refractivity contribution in [1.29, 1.82) is 5.26 Å². The van der Waals surface area contributed by atoms with Gasteiger partial charge in [-0.1, -0.05) is 13.0 Å². The highest BCUT2D eigenvalue weighted by Crippen LogP contribution is 2.29. The van der Waals surface area contributed by atoms with Gasteiger partial charge in [0, 0.05) is 48.9 Å². The molecule has 1 atom stereocenters. The first kappa shape index (κ1) is 24.5. The molecule has 0 fully saturated rings. The number of carbonyl (C=O) groups is 1. The summed E-state index contributed by atoms with van der Waals surface area (Å²) >= 11 is 0. The Morgan fingerprint density at radius 2 is 1.97 bits per heavy atom. The zero-order valence-corrected chi connectivity index (χ0v) is 19.5. The number of hydrogen-bond donors (Lipinski definition) is 2. The lowest BCUT2D eigenvalue weighted by Crippen LogP contribution is -2.19. The van der Waals surface area contributed by atoms with Crippen LogP contribution in [0.15, 0.2) is 55.1 Å². The first-order chi connectivity index (χ1) is 16.0. The van der Waals surface area contributed by atoms with Crippen molar-refractivity contribution >= 4 is 36.1 Å². The van der Waals surface area contributed by atoms with Gasteiger partial charge >= 0.3 is 0 Å². The van der Waals surface area contributed by atoms with Crippen LogP contribution < -0.4 is 10.6 Å². The van der Waals surface area contributed by atoms with E-state index in [4.69, 9.17) is 5.26 Å². The Kier molecular flexibility index (Phi) is 7.71. The van der Waals surface area contributed by atoms with Gasteiger partial charge in [0.25, 0.3) is 5.91 Å². The third kappa shape index (κ3) is 4.94. The van der Waals surface area contributed by atoms with E-state index >= 15 is 0 Å². The lowest BCUT2D eigenvalue weighted by atomic mass is 9.95. The molecule has 1 aromatic carbocycles. The molecular formula is C24H22FN7OS. The van der Waals surface area contributed by atoms with Crippen LogP contribution in [0.1, 0.15) is 34.5 Å². The number of pyridine rings is 2. The zero-order valence-electron chi connectivity index (χ0n) is 18.5. The molecule has 0 radical (unpaired) electrons. The minimum Gasteiger partial charge on any atom is -0.369 e. The van der Waals surface area contributed by atoms with Crippen molar-refractivity contribution in [2.24, 2.45) is 0 Å². The number of nitriles is 1. The smallest absolute Gasteiger partial charge is 0.251 e. The largest absolute Gasteiger partial charge is 0.369 e. The van der Waals surface area contributed by atoms with Gasteiger partial charge in [-0.25, -0.2) is 19.3 Å². The average Bonchev–Trinajstić information content (AvgIpc) is 2.87. The van der Waals surface area contributed by atoms with Gasteiger partial charge in [-0.2, -0.15) is 18.8 Å². The number of aromatic nitrogens is 4. The fourth-order valence-electron chi connectivity index (χ4n) is 3.56. The van der Waals surface area contributed by atoms with E-state index in [2.05, 4.69) is 30.6 Å². The molecule has 34 heavy (non-hydrogen) atoms. The van der Waals surface area contributed by atoms with Crippen molar-refractivity contribution in [3.05, 3.63) is 77.8 Å². The summed E-state index contributed by atoms with van der Waals surface area (Å²) in [6.45, 7) is 2.48. The second-order valence-corrected chi connectivity index (χ2v) is 7.41. The second-order valence-electron chi connectivity index (χ2n) is 7.41. The number of amides is 1. The van der Waals surface area contributed by atoms with Crippen LogP contribution in [0.4, 0.5) is 10.2 Å². The van der Waals surface area contributed by atoms with Crippen molar-refractivity contribution in [2.45, 2.75) is 12.8 Å². The van der Waals surface area contributed by atoms with Gasteiger partial charge in [0.15, 0.2) is 0 Å². The van der Waals surface area contributed by atoms with Crippen LogP contribution in [0.2, 0.25) is 0 Å². The van der Waals surface area contributed by atoms with Gasteiger partial charge in [-0.05, 0) is 29.8 Å². The van der Waals surface area contributed by atoms with Crippen molar-refractivity contribution < 1.29 is 9.18 Å². The van der Waals surface area contributed by atoms with Crippen molar-refractivity contribution in [2.75, 3.05) is 18.9 Å². The van der Waals surface area contributed by atoms with Crippen LogP contribution in [0.5, 0.6) is 0 Å². The Hall–Kier alpha value is -4.10. The minimum atomic E-state index is -0.489. The normalized spacial score (nSPS) is 11.2. The molecule has 0 saturated carbocycles. The molecule has 0 aliphatic heterocycles. The molecule has 172 valence electrons. The molecule has 8 nitrogen and oxygen atoms in total. The number of anilines is 1. The fraction of sp³-hybridized carbons (Fsp3) is 0.167. The molecule has 0 aliphatic carbocycles. The highest BCUT2D eigenvalue weighted by molar-refractivity contribution is 7.59. The molecule has 0 spiro atoms. The standard InChI is InChI=1S/C24H20FN7O.H2S/c1-14(17-5-6-19(25)22-18(24(33)27-2)7-8-28-23(17)22)11-30-21-9-20(31-13-32-21)15-3-4-16(10-26)29-12-15;/h3-9,12-14H,11H2,1-2H3,(H,27,33)(H,30,31,32);1H2/t14-;/m1./s1. The van der Waals surface area contributed by atoms with E-state index in [0.717, 1.165) is 11.1 Å². The third-order valence-electron chi connectivity index (χ3n) is 5.31. The number of hydrogen-bond acceptors (Lipinski definition) is 7. The fourth-order valence-corrected chi connectivity index (χ4v) is 3.56. The van der Waals surface area contributed by atoms with Crippen LogP contribution in [0.3, 0.4) is 0 Å². The number of nitrogens with one attached hydrogen (secondary N) is 2. The molecule has 1 amide bonds. The van der Waals surface area contributed by atoms with E-state index in [9.17, 15) is 9.18 Å². The van der Waals surface area contributed by atoms with Crippen LogP contribution in [-0.4, -0.2) is 39.4 Å². The highest BCUT2D eigenvalue weighted by Gasteiger charge is 2.18. The van der Waals surface area contributed by atoms with Crippen LogP contribution in [0.25, 0.3) is 22.2 Å². The molecule has 10 heteroatoms. The maximum atomic E-state index is 14.6. The quantitative estimate of drug-likeness (QED) is 0.436. The summed E-state index contributed by atoms with van der Waals surface area (Å²) in [5.74, 6) is -0.302. The molecule has 4 aromatic rings. The molecule has 3 heterocycles. The summed E-state index contributed by atoms with van der Waals surface area (Å²) in [6.07, 6.45) is 4.55. The predicted octanol–water partition coefficient (Wildman–Crippen LogP) is 3.79. The summed E-state index contributed by atoms with van der Waals surface area (Å²) < 4.78 is 14.6. The Bertz CT molecular complexity index is 1370. The molecule has 0 unspecified atom stereocenters.